The monoisotopic (exact) mass is 293 g/mol. The third-order valence-electron chi connectivity index (χ3n) is 3.82. The van der Waals surface area contributed by atoms with Crippen LogP contribution in [0, 0.1) is 0 Å². The third kappa shape index (κ3) is 5.26. The molecule has 1 aromatic rings. The average molecular weight is 293 g/mol. The summed E-state index contributed by atoms with van der Waals surface area (Å²) in [6.07, 6.45) is 4.36. The van der Waals surface area contributed by atoms with Crippen molar-refractivity contribution < 1.29 is 9.84 Å². The van der Waals surface area contributed by atoms with Crippen LogP contribution >= 0.6 is 0 Å². The summed E-state index contributed by atoms with van der Waals surface area (Å²) in [6.45, 7) is 5.82. The highest BCUT2D eigenvalue weighted by Crippen LogP contribution is 2.22. The molecule has 1 aromatic heterocycles. The van der Waals surface area contributed by atoms with Crippen molar-refractivity contribution in [3.63, 3.8) is 0 Å². The number of likely N-dealkylation sites (N-methyl/N-ethyl adjacent to an activating group) is 1. The van der Waals surface area contributed by atoms with Crippen LogP contribution < -0.4 is 5.32 Å². The molecule has 21 heavy (non-hydrogen) atoms. The number of rotatable bonds is 7. The fourth-order valence-corrected chi connectivity index (χ4v) is 2.69. The Labute approximate surface area is 127 Å². The van der Waals surface area contributed by atoms with Gasteiger partial charge in [-0.3, -0.25) is 9.88 Å². The van der Waals surface area contributed by atoms with E-state index in [1.54, 1.807) is 0 Å². The lowest BCUT2D eigenvalue weighted by Gasteiger charge is -2.35. The second-order valence-electron chi connectivity index (χ2n) is 5.97. The zero-order chi connectivity index (χ0) is 15.1. The van der Waals surface area contributed by atoms with Gasteiger partial charge in [-0.1, -0.05) is 6.92 Å². The first-order valence-corrected chi connectivity index (χ1v) is 7.79. The smallest absolute Gasteiger partial charge is 0.0817 e. The molecule has 0 atom stereocenters. The second kappa shape index (κ2) is 7.73. The first-order chi connectivity index (χ1) is 10.1. The molecule has 0 saturated carbocycles. The summed E-state index contributed by atoms with van der Waals surface area (Å²) in [6, 6.07) is 4.07. The Balaban J connectivity index is 1.88. The minimum absolute atomic E-state index is 0.620. The van der Waals surface area contributed by atoms with Crippen molar-refractivity contribution in [1.82, 2.24) is 9.88 Å². The number of nitrogens with zero attached hydrogens (tertiary/aromatic N) is 2. The van der Waals surface area contributed by atoms with Crippen molar-refractivity contribution >= 4 is 5.69 Å². The molecule has 0 spiro atoms. The van der Waals surface area contributed by atoms with Crippen LogP contribution in [-0.4, -0.2) is 53.9 Å². The van der Waals surface area contributed by atoms with Gasteiger partial charge in [-0.2, -0.15) is 0 Å². The fourth-order valence-electron chi connectivity index (χ4n) is 2.69. The van der Waals surface area contributed by atoms with E-state index in [9.17, 15) is 5.11 Å². The Morgan fingerprint density at radius 1 is 1.43 bits per heavy atom. The second-order valence-corrected chi connectivity index (χ2v) is 5.97. The van der Waals surface area contributed by atoms with E-state index in [1.807, 2.05) is 19.3 Å². The number of anilines is 1. The van der Waals surface area contributed by atoms with Gasteiger partial charge in [0.05, 0.1) is 11.3 Å². The molecule has 2 rings (SSSR count). The lowest BCUT2D eigenvalue weighted by atomic mass is 9.94. The van der Waals surface area contributed by atoms with Gasteiger partial charge in [-0.15, -0.1) is 0 Å². The lowest BCUT2D eigenvalue weighted by molar-refractivity contribution is -0.0778. The molecule has 1 fully saturated rings. The molecule has 1 aliphatic rings. The first-order valence-electron chi connectivity index (χ1n) is 7.79. The standard InChI is InChI=1S/C16H27N3O2/c1-3-7-17-14-4-8-18-15(11-14)12-19(2)13-16(20)5-9-21-10-6-16/h4,8,11,20H,3,5-7,9-10,12-13H2,1-2H3,(H,17,18). The van der Waals surface area contributed by atoms with Crippen LogP contribution in [0.4, 0.5) is 5.69 Å². The Kier molecular flexibility index (Phi) is 5.96. The number of aliphatic hydroxyl groups is 1. The van der Waals surface area contributed by atoms with E-state index in [1.165, 1.54) is 0 Å². The van der Waals surface area contributed by atoms with Crippen molar-refractivity contribution in [2.75, 3.05) is 38.7 Å². The number of aromatic nitrogens is 1. The molecule has 1 aliphatic heterocycles. The van der Waals surface area contributed by atoms with Crippen LogP contribution in [0.25, 0.3) is 0 Å². The van der Waals surface area contributed by atoms with Crippen LogP contribution in [0.1, 0.15) is 31.9 Å². The Morgan fingerprint density at radius 3 is 2.90 bits per heavy atom. The molecule has 5 heteroatoms. The van der Waals surface area contributed by atoms with E-state index in [0.717, 1.165) is 30.9 Å². The zero-order valence-corrected chi connectivity index (χ0v) is 13.1. The van der Waals surface area contributed by atoms with E-state index in [0.29, 0.717) is 32.6 Å². The van der Waals surface area contributed by atoms with Crippen molar-refractivity contribution in [3.05, 3.63) is 24.0 Å². The van der Waals surface area contributed by atoms with Gasteiger partial charge in [0.1, 0.15) is 0 Å². The molecule has 5 nitrogen and oxygen atoms in total. The lowest BCUT2D eigenvalue weighted by Crippen LogP contribution is -2.45. The van der Waals surface area contributed by atoms with Crippen LogP contribution in [0.15, 0.2) is 18.3 Å². The van der Waals surface area contributed by atoms with E-state index in [2.05, 4.69) is 28.2 Å². The van der Waals surface area contributed by atoms with E-state index < -0.39 is 5.60 Å². The number of ether oxygens (including phenoxy) is 1. The highest BCUT2D eigenvalue weighted by atomic mass is 16.5. The fraction of sp³-hybridized carbons (Fsp3) is 0.688. The van der Waals surface area contributed by atoms with Crippen molar-refractivity contribution in [1.29, 1.82) is 0 Å². The maximum Gasteiger partial charge on any atom is 0.0817 e. The summed E-state index contributed by atoms with van der Waals surface area (Å²) >= 11 is 0. The molecule has 2 heterocycles. The summed E-state index contributed by atoms with van der Waals surface area (Å²) in [5.74, 6) is 0. The SMILES string of the molecule is CCCNc1ccnc(CN(C)CC2(O)CCOCC2)c1. The summed E-state index contributed by atoms with van der Waals surface area (Å²) < 4.78 is 5.32. The van der Waals surface area contributed by atoms with Crippen molar-refractivity contribution in [2.24, 2.45) is 0 Å². The number of hydrogen-bond donors (Lipinski definition) is 2. The summed E-state index contributed by atoms with van der Waals surface area (Å²) in [5, 5.41) is 13.9. The molecule has 0 aromatic carbocycles. The quantitative estimate of drug-likeness (QED) is 0.804. The Bertz CT molecular complexity index is 433. The van der Waals surface area contributed by atoms with Crippen molar-refractivity contribution in [2.45, 2.75) is 38.3 Å². The predicted octanol–water partition coefficient (Wildman–Crippen LogP) is 1.88. The minimum Gasteiger partial charge on any atom is -0.388 e. The van der Waals surface area contributed by atoms with Crippen LogP contribution in [0.5, 0.6) is 0 Å². The van der Waals surface area contributed by atoms with Gasteiger partial charge < -0.3 is 15.2 Å². The number of pyridine rings is 1. The Hall–Kier alpha value is -1.17. The molecule has 2 N–H and O–H groups in total. The largest absolute Gasteiger partial charge is 0.388 e. The molecular weight excluding hydrogens is 266 g/mol. The van der Waals surface area contributed by atoms with E-state index in [4.69, 9.17) is 4.74 Å². The molecule has 0 radical (unpaired) electrons. The van der Waals surface area contributed by atoms with E-state index >= 15 is 0 Å². The topological polar surface area (TPSA) is 57.6 Å². The normalized spacial score (nSPS) is 17.9. The molecule has 0 aliphatic carbocycles. The summed E-state index contributed by atoms with van der Waals surface area (Å²) in [4.78, 5) is 6.55. The van der Waals surface area contributed by atoms with E-state index in [-0.39, 0.29) is 0 Å². The van der Waals surface area contributed by atoms with Gasteiger partial charge in [0, 0.05) is 57.6 Å². The van der Waals surface area contributed by atoms with Crippen LogP contribution in [-0.2, 0) is 11.3 Å². The summed E-state index contributed by atoms with van der Waals surface area (Å²) in [5.41, 5.74) is 1.51. The maximum atomic E-state index is 10.5. The third-order valence-corrected chi connectivity index (χ3v) is 3.82. The van der Waals surface area contributed by atoms with Gasteiger partial charge in [-0.25, -0.2) is 0 Å². The van der Waals surface area contributed by atoms with Gasteiger partial charge in [0.15, 0.2) is 0 Å². The highest BCUT2D eigenvalue weighted by Gasteiger charge is 2.30. The van der Waals surface area contributed by atoms with Gasteiger partial charge >= 0.3 is 0 Å². The zero-order valence-electron chi connectivity index (χ0n) is 13.1. The van der Waals surface area contributed by atoms with Crippen LogP contribution in [0.3, 0.4) is 0 Å². The van der Waals surface area contributed by atoms with Gasteiger partial charge in [0.2, 0.25) is 0 Å². The maximum absolute atomic E-state index is 10.5. The molecule has 118 valence electrons. The summed E-state index contributed by atoms with van der Waals surface area (Å²) in [7, 11) is 2.03. The molecule has 0 unspecified atom stereocenters. The molecular formula is C16H27N3O2. The van der Waals surface area contributed by atoms with Gasteiger partial charge in [-0.05, 0) is 25.6 Å². The van der Waals surface area contributed by atoms with Gasteiger partial charge in [0.25, 0.3) is 0 Å². The predicted molar refractivity (Wildman–Crippen MR) is 84.4 cm³/mol. The molecule has 1 saturated heterocycles. The Morgan fingerprint density at radius 2 is 2.19 bits per heavy atom. The minimum atomic E-state index is -0.620. The highest BCUT2D eigenvalue weighted by molar-refractivity contribution is 5.43. The number of nitrogens with one attached hydrogen (secondary N) is 1. The average Bonchev–Trinajstić information content (AvgIpc) is 2.45. The number of hydrogen-bond acceptors (Lipinski definition) is 5. The molecule has 0 amide bonds. The molecule has 0 bridgehead atoms. The first kappa shape index (κ1) is 16.2. The van der Waals surface area contributed by atoms with Crippen LogP contribution in [0.2, 0.25) is 0 Å². The van der Waals surface area contributed by atoms with Crippen molar-refractivity contribution in [3.8, 4) is 0 Å².